The van der Waals surface area contributed by atoms with Crippen molar-refractivity contribution in [1.29, 1.82) is 0 Å². The van der Waals surface area contributed by atoms with Crippen molar-refractivity contribution in [3.63, 3.8) is 0 Å². The van der Waals surface area contributed by atoms with Crippen molar-refractivity contribution in [1.82, 2.24) is 9.80 Å². The predicted molar refractivity (Wildman–Crippen MR) is 63.9 cm³/mol. The molecule has 2 saturated heterocycles. The van der Waals surface area contributed by atoms with Crippen molar-refractivity contribution >= 4 is 0 Å². The predicted octanol–water partition coefficient (Wildman–Crippen LogP) is 0.894. The van der Waals surface area contributed by atoms with Crippen LogP contribution < -0.4 is 5.73 Å². The summed E-state index contributed by atoms with van der Waals surface area (Å²) in [4.78, 5) is 5.23. The minimum absolute atomic E-state index is 0.323. The van der Waals surface area contributed by atoms with Gasteiger partial charge in [0.1, 0.15) is 0 Å². The Hall–Kier alpha value is -0.120. The molecule has 0 radical (unpaired) electrons. The van der Waals surface area contributed by atoms with E-state index in [9.17, 15) is 0 Å². The van der Waals surface area contributed by atoms with Gasteiger partial charge in [0.15, 0.2) is 0 Å². The Bertz CT molecular complexity index is 187. The molecule has 0 aromatic heterocycles. The number of hydrogen-bond acceptors (Lipinski definition) is 3. The van der Waals surface area contributed by atoms with Crippen LogP contribution in [0.15, 0.2) is 0 Å². The molecule has 0 aromatic rings. The molecular weight excluding hydrogens is 186 g/mol. The molecule has 2 atom stereocenters. The smallest absolute Gasteiger partial charge is 0.0224 e. The Morgan fingerprint density at radius 2 is 1.93 bits per heavy atom. The Balaban J connectivity index is 1.79. The number of nitrogens with two attached hydrogens (primary N) is 1. The van der Waals surface area contributed by atoms with Crippen LogP contribution in [-0.4, -0.2) is 54.6 Å². The van der Waals surface area contributed by atoms with Crippen molar-refractivity contribution in [3.8, 4) is 0 Å². The van der Waals surface area contributed by atoms with Gasteiger partial charge in [-0.25, -0.2) is 0 Å². The van der Waals surface area contributed by atoms with Gasteiger partial charge in [-0.3, -0.25) is 4.90 Å². The summed E-state index contributed by atoms with van der Waals surface area (Å²) >= 11 is 0. The SMILES string of the molecule is CC(N)CN1CCCC1CN1CCCC1. The van der Waals surface area contributed by atoms with Gasteiger partial charge in [0.25, 0.3) is 0 Å². The molecule has 0 bridgehead atoms. The van der Waals surface area contributed by atoms with Gasteiger partial charge in [-0.05, 0) is 52.2 Å². The molecule has 15 heavy (non-hydrogen) atoms. The number of hydrogen-bond donors (Lipinski definition) is 1. The average molecular weight is 211 g/mol. The number of likely N-dealkylation sites (tertiary alicyclic amines) is 2. The van der Waals surface area contributed by atoms with Crippen LogP contribution in [0.1, 0.15) is 32.6 Å². The first-order chi connectivity index (χ1) is 7.25. The maximum Gasteiger partial charge on any atom is 0.0224 e. The first-order valence-electron chi connectivity index (χ1n) is 6.47. The second kappa shape index (κ2) is 5.28. The lowest BCUT2D eigenvalue weighted by molar-refractivity contribution is 0.185. The molecule has 2 unspecified atom stereocenters. The molecule has 88 valence electrons. The summed E-state index contributed by atoms with van der Waals surface area (Å²) in [6, 6.07) is 1.11. The maximum absolute atomic E-state index is 5.89. The quantitative estimate of drug-likeness (QED) is 0.750. The van der Waals surface area contributed by atoms with E-state index in [1.54, 1.807) is 0 Å². The Morgan fingerprint density at radius 3 is 2.60 bits per heavy atom. The zero-order chi connectivity index (χ0) is 10.7. The van der Waals surface area contributed by atoms with Crippen LogP contribution in [0.25, 0.3) is 0 Å². The highest BCUT2D eigenvalue weighted by Gasteiger charge is 2.27. The highest BCUT2D eigenvalue weighted by Crippen LogP contribution is 2.20. The van der Waals surface area contributed by atoms with Crippen LogP contribution in [0.2, 0.25) is 0 Å². The number of rotatable bonds is 4. The van der Waals surface area contributed by atoms with Gasteiger partial charge in [0.2, 0.25) is 0 Å². The Kier molecular flexibility index (Phi) is 4.00. The molecule has 2 fully saturated rings. The molecule has 3 nitrogen and oxygen atoms in total. The van der Waals surface area contributed by atoms with Gasteiger partial charge >= 0.3 is 0 Å². The number of nitrogens with zero attached hydrogens (tertiary/aromatic N) is 2. The fourth-order valence-corrected chi connectivity index (χ4v) is 2.98. The van der Waals surface area contributed by atoms with E-state index in [0.717, 1.165) is 12.6 Å². The minimum Gasteiger partial charge on any atom is -0.327 e. The van der Waals surface area contributed by atoms with Crippen LogP contribution in [0.5, 0.6) is 0 Å². The molecule has 0 aliphatic carbocycles. The summed E-state index contributed by atoms with van der Waals surface area (Å²) in [5, 5.41) is 0. The standard InChI is InChI=1S/C12H25N3/c1-11(13)9-15-8-4-5-12(15)10-14-6-2-3-7-14/h11-12H,2-10,13H2,1H3. The van der Waals surface area contributed by atoms with E-state index in [1.165, 1.54) is 51.9 Å². The Morgan fingerprint density at radius 1 is 1.20 bits per heavy atom. The molecule has 2 aliphatic heterocycles. The Labute approximate surface area is 93.6 Å². The summed E-state index contributed by atoms with van der Waals surface area (Å²) in [7, 11) is 0. The van der Waals surface area contributed by atoms with E-state index in [0.29, 0.717) is 6.04 Å². The van der Waals surface area contributed by atoms with E-state index >= 15 is 0 Å². The topological polar surface area (TPSA) is 32.5 Å². The van der Waals surface area contributed by atoms with E-state index in [1.807, 2.05) is 0 Å². The second-order valence-corrected chi connectivity index (χ2v) is 5.28. The third kappa shape index (κ3) is 3.16. The van der Waals surface area contributed by atoms with Crippen molar-refractivity contribution in [2.45, 2.75) is 44.7 Å². The summed E-state index contributed by atoms with van der Waals surface area (Å²) in [6.45, 7) is 8.39. The molecule has 2 rings (SSSR count). The molecular formula is C12H25N3. The van der Waals surface area contributed by atoms with Gasteiger partial charge in [-0.15, -0.1) is 0 Å². The summed E-state index contributed by atoms with van der Waals surface area (Å²) in [5.74, 6) is 0. The van der Waals surface area contributed by atoms with Gasteiger partial charge in [-0.2, -0.15) is 0 Å². The summed E-state index contributed by atoms with van der Waals surface area (Å²) < 4.78 is 0. The summed E-state index contributed by atoms with van der Waals surface area (Å²) in [5.41, 5.74) is 5.89. The lowest BCUT2D eigenvalue weighted by Gasteiger charge is -2.29. The van der Waals surface area contributed by atoms with Crippen LogP contribution in [-0.2, 0) is 0 Å². The lowest BCUT2D eigenvalue weighted by Crippen LogP contribution is -2.43. The maximum atomic E-state index is 5.89. The van der Waals surface area contributed by atoms with Gasteiger partial charge < -0.3 is 10.6 Å². The van der Waals surface area contributed by atoms with E-state index in [2.05, 4.69) is 16.7 Å². The minimum atomic E-state index is 0.323. The van der Waals surface area contributed by atoms with Crippen molar-refractivity contribution in [2.75, 3.05) is 32.7 Å². The van der Waals surface area contributed by atoms with Gasteiger partial charge in [0.05, 0.1) is 0 Å². The molecule has 0 saturated carbocycles. The average Bonchev–Trinajstić information content (AvgIpc) is 2.78. The first-order valence-corrected chi connectivity index (χ1v) is 6.47. The highest BCUT2D eigenvalue weighted by atomic mass is 15.2. The van der Waals surface area contributed by atoms with Crippen LogP contribution in [0.4, 0.5) is 0 Å². The fraction of sp³-hybridized carbons (Fsp3) is 1.00. The summed E-state index contributed by atoms with van der Waals surface area (Å²) in [6.07, 6.45) is 5.55. The third-order valence-corrected chi connectivity index (χ3v) is 3.69. The van der Waals surface area contributed by atoms with E-state index < -0.39 is 0 Å². The van der Waals surface area contributed by atoms with Crippen molar-refractivity contribution < 1.29 is 0 Å². The molecule has 0 amide bonds. The van der Waals surface area contributed by atoms with E-state index in [4.69, 9.17) is 5.73 Å². The van der Waals surface area contributed by atoms with Crippen molar-refractivity contribution in [3.05, 3.63) is 0 Å². The van der Waals surface area contributed by atoms with Crippen LogP contribution in [0, 0.1) is 0 Å². The largest absolute Gasteiger partial charge is 0.327 e. The monoisotopic (exact) mass is 211 g/mol. The highest BCUT2D eigenvalue weighted by molar-refractivity contribution is 4.84. The third-order valence-electron chi connectivity index (χ3n) is 3.69. The van der Waals surface area contributed by atoms with Gasteiger partial charge in [0, 0.05) is 25.2 Å². The molecule has 2 heterocycles. The second-order valence-electron chi connectivity index (χ2n) is 5.28. The van der Waals surface area contributed by atoms with E-state index in [-0.39, 0.29) is 0 Å². The zero-order valence-electron chi connectivity index (χ0n) is 9.99. The van der Waals surface area contributed by atoms with Crippen molar-refractivity contribution in [2.24, 2.45) is 5.73 Å². The van der Waals surface area contributed by atoms with Crippen LogP contribution >= 0.6 is 0 Å². The molecule has 0 spiro atoms. The zero-order valence-corrected chi connectivity index (χ0v) is 9.99. The lowest BCUT2D eigenvalue weighted by atomic mass is 10.2. The van der Waals surface area contributed by atoms with Crippen LogP contribution in [0.3, 0.4) is 0 Å². The molecule has 2 N–H and O–H groups in total. The van der Waals surface area contributed by atoms with Gasteiger partial charge in [-0.1, -0.05) is 0 Å². The molecule has 2 aliphatic rings. The fourth-order valence-electron chi connectivity index (χ4n) is 2.98. The first kappa shape index (κ1) is 11.4. The normalized spacial score (nSPS) is 31.2. The molecule has 0 aromatic carbocycles. The molecule has 3 heteroatoms.